The van der Waals surface area contributed by atoms with Crippen LogP contribution in [-0.2, 0) is 11.2 Å². The second kappa shape index (κ2) is 6.50. The van der Waals surface area contributed by atoms with Gasteiger partial charge in [0.15, 0.2) is 0 Å². The summed E-state index contributed by atoms with van der Waals surface area (Å²) in [6, 6.07) is 5.31. The third kappa shape index (κ3) is 3.44. The van der Waals surface area contributed by atoms with Gasteiger partial charge in [-0.2, -0.15) is 0 Å². The van der Waals surface area contributed by atoms with Gasteiger partial charge in [0, 0.05) is 19.3 Å². The van der Waals surface area contributed by atoms with Gasteiger partial charge >= 0.3 is 0 Å². The van der Waals surface area contributed by atoms with E-state index in [2.05, 4.69) is 5.32 Å². The molecule has 0 saturated carbocycles. The van der Waals surface area contributed by atoms with Gasteiger partial charge in [0.1, 0.15) is 5.82 Å². The Hall–Kier alpha value is -0.640. The van der Waals surface area contributed by atoms with E-state index in [1.807, 2.05) is 13.1 Å². The number of rotatable bonds is 5. The predicted molar refractivity (Wildman–Crippen MR) is 71.5 cm³/mol. The zero-order valence-electron chi connectivity index (χ0n) is 10.6. The van der Waals surface area contributed by atoms with Crippen molar-refractivity contribution >= 4 is 11.6 Å². The minimum Gasteiger partial charge on any atom is -0.381 e. The molecule has 1 aromatic carbocycles. The Bertz CT molecular complexity index is 393. The molecule has 1 fully saturated rings. The van der Waals surface area contributed by atoms with Crippen LogP contribution in [0.3, 0.4) is 0 Å². The van der Waals surface area contributed by atoms with Crippen molar-refractivity contribution in [2.45, 2.75) is 25.3 Å². The predicted octanol–water partition coefficient (Wildman–Crippen LogP) is 3.04. The highest BCUT2D eigenvalue weighted by Crippen LogP contribution is 2.24. The lowest BCUT2D eigenvalue weighted by Gasteiger charge is -2.20. The third-order valence-electron chi connectivity index (χ3n) is 3.55. The summed E-state index contributed by atoms with van der Waals surface area (Å²) in [6.07, 6.45) is 2.92. The Labute approximate surface area is 112 Å². The van der Waals surface area contributed by atoms with Crippen molar-refractivity contribution in [2.24, 2.45) is 5.92 Å². The molecule has 2 rings (SSSR count). The Morgan fingerprint density at radius 1 is 1.56 bits per heavy atom. The van der Waals surface area contributed by atoms with Crippen LogP contribution in [0.2, 0.25) is 5.02 Å². The van der Waals surface area contributed by atoms with E-state index >= 15 is 0 Å². The maximum absolute atomic E-state index is 13.4. The topological polar surface area (TPSA) is 21.3 Å². The monoisotopic (exact) mass is 271 g/mol. The maximum atomic E-state index is 13.4. The molecule has 0 aliphatic carbocycles. The standard InChI is InChI=1S/C14H19ClFNO/c1-17-12(7-10-5-6-18-9-10)8-11-3-2-4-13(16)14(11)15/h2-4,10,12,17H,5-9H2,1H3. The normalized spacial score (nSPS) is 21.2. The summed E-state index contributed by atoms with van der Waals surface area (Å²) in [5.41, 5.74) is 0.870. The SMILES string of the molecule is CNC(Cc1cccc(F)c1Cl)CC1CCOC1. The first kappa shape index (κ1) is 13.8. The van der Waals surface area contributed by atoms with Crippen LogP contribution in [-0.4, -0.2) is 26.3 Å². The zero-order valence-corrected chi connectivity index (χ0v) is 11.3. The van der Waals surface area contributed by atoms with Crippen molar-refractivity contribution in [1.82, 2.24) is 5.32 Å². The quantitative estimate of drug-likeness (QED) is 0.889. The van der Waals surface area contributed by atoms with E-state index in [0.717, 1.165) is 38.0 Å². The molecular weight excluding hydrogens is 253 g/mol. The molecule has 0 aromatic heterocycles. The van der Waals surface area contributed by atoms with E-state index < -0.39 is 0 Å². The molecule has 1 N–H and O–H groups in total. The fourth-order valence-corrected chi connectivity index (χ4v) is 2.65. The summed E-state index contributed by atoms with van der Waals surface area (Å²) in [6.45, 7) is 1.71. The second-order valence-electron chi connectivity index (χ2n) is 4.87. The summed E-state index contributed by atoms with van der Waals surface area (Å²) in [4.78, 5) is 0. The van der Waals surface area contributed by atoms with Crippen molar-refractivity contribution in [3.63, 3.8) is 0 Å². The molecule has 0 radical (unpaired) electrons. The minimum absolute atomic E-state index is 0.250. The minimum atomic E-state index is -0.340. The smallest absolute Gasteiger partial charge is 0.142 e. The Morgan fingerprint density at radius 3 is 3.06 bits per heavy atom. The van der Waals surface area contributed by atoms with Gasteiger partial charge in [0.25, 0.3) is 0 Å². The molecule has 18 heavy (non-hydrogen) atoms. The van der Waals surface area contributed by atoms with Crippen molar-refractivity contribution in [3.8, 4) is 0 Å². The van der Waals surface area contributed by atoms with Gasteiger partial charge < -0.3 is 10.1 Å². The van der Waals surface area contributed by atoms with Crippen LogP contribution in [0.15, 0.2) is 18.2 Å². The average Bonchev–Trinajstić information content (AvgIpc) is 2.86. The van der Waals surface area contributed by atoms with Gasteiger partial charge in [-0.3, -0.25) is 0 Å². The summed E-state index contributed by atoms with van der Waals surface area (Å²) < 4.78 is 18.7. The Kier molecular flexibility index (Phi) is 4.98. The van der Waals surface area contributed by atoms with Gasteiger partial charge in [-0.05, 0) is 43.9 Å². The van der Waals surface area contributed by atoms with Crippen LogP contribution >= 0.6 is 11.6 Å². The lowest BCUT2D eigenvalue weighted by Crippen LogP contribution is -2.30. The Balaban J connectivity index is 1.98. The highest BCUT2D eigenvalue weighted by Gasteiger charge is 2.21. The second-order valence-corrected chi connectivity index (χ2v) is 5.25. The van der Waals surface area contributed by atoms with Crippen molar-refractivity contribution in [2.75, 3.05) is 20.3 Å². The molecule has 0 bridgehead atoms. The van der Waals surface area contributed by atoms with E-state index in [4.69, 9.17) is 16.3 Å². The molecule has 2 atom stereocenters. The first-order chi connectivity index (χ1) is 8.70. The summed E-state index contributed by atoms with van der Waals surface area (Å²) >= 11 is 5.98. The van der Waals surface area contributed by atoms with Crippen LogP contribution < -0.4 is 5.32 Å². The van der Waals surface area contributed by atoms with Crippen LogP contribution in [0.5, 0.6) is 0 Å². The van der Waals surface area contributed by atoms with Crippen molar-refractivity contribution in [3.05, 3.63) is 34.6 Å². The molecule has 2 nitrogen and oxygen atoms in total. The molecule has 1 aromatic rings. The van der Waals surface area contributed by atoms with E-state index in [1.165, 1.54) is 6.07 Å². The zero-order chi connectivity index (χ0) is 13.0. The fourth-order valence-electron chi connectivity index (χ4n) is 2.45. The molecule has 2 unspecified atom stereocenters. The Morgan fingerprint density at radius 2 is 2.39 bits per heavy atom. The summed E-state index contributed by atoms with van der Waals surface area (Å²) in [5.74, 6) is 0.267. The van der Waals surface area contributed by atoms with E-state index in [9.17, 15) is 4.39 Å². The van der Waals surface area contributed by atoms with Gasteiger partial charge in [-0.15, -0.1) is 0 Å². The van der Waals surface area contributed by atoms with E-state index in [1.54, 1.807) is 6.07 Å². The number of hydrogen-bond donors (Lipinski definition) is 1. The van der Waals surface area contributed by atoms with Gasteiger partial charge in [-0.1, -0.05) is 23.7 Å². The average molecular weight is 272 g/mol. The van der Waals surface area contributed by atoms with Crippen LogP contribution in [0.1, 0.15) is 18.4 Å². The molecule has 1 aliphatic rings. The molecule has 0 spiro atoms. The van der Waals surface area contributed by atoms with E-state index in [-0.39, 0.29) is 10.8 Å². The lowest BCUT2D eigenvalue weighted by molar-refractivity contribution is 0.181. The van der Waals surface area contributed by atoms with Crippen LogP contribution in [0, 0.1) is 11.7 Å². The van der Waals surface area contributed by atoms with Crippen LogP contribution in [0.4, 0.5) is 4.39 Å². The summed E-state index contributed by atoms with van der Waals surface area (Å²) in [5, 5.41) is 3.54. The maximum Gasteiger partial charge on any atom is 0.142 e. The molecule has 1 saturated heterocycles. The molecular formula is C14H19ClFNO. The highest BCUT2D eigenvalue weighted by molar-refractivity contribution is 6.31. The first-order valence-corrected chi connectivity index (χ1v) is 6.76. The van der Waals surface area contributed by atoms with Crippen LogP contribution in [0.25, 0.3) is 0 Å². The van der Waals surface area contributed by atoms with E-state index in [0.29, 0.717) is 12.0 Å². The number of ether oxygens (including phenoxy) is 1. The third-order valence-corrected chi connectivity index (χ3v) is 3.97. The highest BCUT2D eigenvalue weighted by atomic mass is 35.5. The largest absolute Gasteiger partial charge is 0.381 e. The van der Waals surface area contributed by atoms with Gasteiger partial charge in [-0.25, -0.2) is 4.39 Å². The molecule has 4 heteroatoms. The fraction of sp³-hybridized carbons (Fsp3) is 0.571. The van der Waals surface area contributed by atoms with Crippen molar-refractivity contribution < 1.29 is 9.13 Å². The van der Waals surface area contributed by atoms with Gasteiger partial charge in [0.05, 0.1) is 5.02 Å². The number of benzene rings is 1. The van der Waals surface area contributed by atoms with Gasteiger partial charge in [0.2, 0.25) is 0 Å². The molecule has 0 amide bonds. The molecule has 1 heterocycles. The number of halogens is 2. The summed E-state index contributed by atoms with van der Waals surface area (Å²) in [7, 11) is 1.94. The number of hydrogen-bond acceptors (Lipinski definition) is 2. The van der Waals surface area contributed by atoms with Crippen molar-refractivity contribution in [1.29, 1.82) is 0 Å². The number of nitrogens with one attached hydrogen (secondary N) is 1. The number of likely N-dealkylation sites (N-methyl/N-ethyl adjacent to an activating group) is 1. The lowest BCUT2D eigenvalue weighted by atomic mass is 9.94. The molecule has 1 aliphatic heterocycles. The molecule has 100 valence electrons. The first-order valence-electron chi connectivity index (χ1n) is 6.38.